The van der Waals surface area contributed by atoms with Crippen LogP contribution >= 0.6 is 0 Å². The van der Waals surface area contributed by atoms with Crippen LogP contribution in [-0.4, -0.2) is 78.1 Å². The molecule has 0 rings (SSSR count). The van der Waals surface area contributed by atoms with Crippen LogP contribution in [0.15, 0.2) is 0 Å². The molecule has 0 fully saturated rings. The summed E-state index contributed by atoms with van der Waals surface area (Å²) in [6, 6.07) is 0. The van der Waals surface area contributed by atoms with Gasteiger partial charge in [0.25, 0.3) is 10.1 Å². The molecule has 0 aliphatic carbocycles. The lowest BCUT2D eigenvalue weighted by Gasteiger charge is -2.43. The van der Waals surface area contributed by atoms with Crippen molar-refractivity contribution >= 4 is 15.9 Å². The molecule has 0 unspecified atom stereocenters. The summed E-state index contributed by atoms with van der Waals surface area (Å²) in [5.74, 6) is -74.1. The lowest BCUT2D eigenvalue weighted by molar-refractivity contribution is -0.468. The Balaban J connectivity index is 6.81. The fraction of sp³-hybridized carbons (Fsp3) is 0.917. The van der Waals surface area contributed by atoms with Crippen molar-refractivity contribution in [1.29, 1.82) is 0 Å². The van der Waals surface area contributed by atoms with Crippen LogP contribution < -0.4 is 0 Å². The third-order valence-corrected chi connectivity index (χ3v) is 4.63. The molecule has 0 amide bonds. The van der Waals surface area contributed by atoms with Crippen molar-refractivity contribution in [3.63, 3.8) is 0 Å². The highest BCUT2D eigenvalue weighted by Crippen LogP contribution is 2.65. The Morgan fingerprint density at radius 3 is 1.00 bits per heavy atom. The Kier molecular flexibility index (Phi) is 8.22. The van der Waals surface area contributed by atoms with Gasteiger partial charge in [0.05, 0.1) is 6.42 Å². The van der Waals surface area contributed by atoms with E-state index in [1.807, 2.05) is 0 Å². The van der Waals surface area contributed by atoms with Gasteiger partial charge in [-0.2, -0.15) is 91.8 Å². The summed E-state index contributed by atoms with van der Waals surface area (Å²) in [7, 11) is -5.72. The van der Waals surface area contributed by atoms with Crippen molar-refractivity contribution in [3.8, 4) is 0 Å². The first-order valence-electron chi connectivity index (χ1n) is 7.66. The van der Waals surface area contributed by atoms with E-state index in [4.69, 9.17) is 4.55 Å². The molecular weight excluding hydrogens is 601 g/mol. The van der Waals surface area contributed by atoms with Crippen LogP contribution in [0.25, 0.3) is 0 Å². The summed E-state index contributed by atoms with van der Waals surface area (Å²) in [6.07, 6.45) is -11.6. The molecular formula is C12H5F19O4S. The molecule has 0 aromatic heterocycles. The van der Waals surface area contributed by atoms with Crippen LogP contribution in [-0.2, 0) is 14.9 Å². The number of ketones is 1. The number of hydrogen-bond donors (Lipinski definition) is 1. The molecule has 0 bridgehead atoms. The van der Waals surface area contributed by atoms with Crippen molar-refractivity contribution < 1.29 is 101 Å². The van der Waals surface area contributed by atoms with Gasteiger partial charge in [-0.3, -0.25) is 9.35 Å². The number of alkyl halides is 19. The van der Waals surface area contributed by atoms with E-state index >= 15 is 0 Å². The molecule has 0 heterocycles. The molecule has 1 N–H and O–H groups in total. The zero-order valence-electron chi connectivity index (χ0n) is 15.7. The van der Waals surface area contributed by atoms with Gasteiger partial charge in [0, 0.05) is 0 Å². The van der Waals surface area contributed by atoms with Crippen molar-refractivity contribution in [2.24, 2.45) is 0 Å². The minimum Gasteiger partial charge on any atom is -0.298 e. The number of carbonyl (C=O) groups excluding carboxylic acids is 1. The van der Waals surface area contributed by atoms with Gasteiger partial charge in [0.1, 0.15) is 5.75 Å². The number of halogens is 19. The number of Topliss-reactive ketones (excluding diaryl/α,β-unsaturated/α-hetero) is 1. The minimum absolute atomic E-state index is 2.63. The highest BCUT2D eigenvalue weighted by atomic mass is 32.2. The fourth-order valence-electron chi connectivity index (χ4n) is 2.01. The summed E-state index contributed by atoms with van der Waals surface area (Å²) >= 11 is 0. The third kappa shape index (κ3) is 4.89. The topological polar surface area (TPSA) is 71.4 Å². The molecule has 24 heteroatoms. The standard InChI is InChI=1S/C12H5F19O4S/c13-4(14,1-3(32)2-36(33,34)35)5(15,16)6(17,18)7(19,20)8(21,22)9(23,24)10(25,26)11(27,28)12(29,30)31/h1-2H2,(H,33,34,35). The quantitative estimate of drug-likeness (QED) is 0.250. The van der Waals surface area contributed by atoms with Crippen molar-refractivity contribution in [2.45, 2.75) is 60.0 Å². The van der Waals surface area contributed by atoms with Gasteiger partial charge in [-0.15, -0.1) is 0 Å². The molecule has 0 aromatic rings. The molecule has 0 aromatic carbocycles. The van der Waals surface area contributed by atoms with E-state index in [2.05, 4.69) is 0 Å². The van der Waals surface area contributed by atoms with E-state index in [9.17, 15) is 96.6 Å². The first-order valence-corrected chi connectivity index (χ1v) is 9.27. The second-order valence-electron chi connectivity index (χ2n) is 6.66. The van der Waals surface area contributed by atoms with E-state index in [0.717, 1.165) is 0 Å². The van der Waals surface area contributed by atoms with E-state index in [1.54, 1.807) is 0 Å². The van der Waals surface area contributed by atoms with Crippen molar-refractivity contribution in [3.05, 3.63) is 0 Å². The molecule has 0 spiro atoms. The van der Waals surface area contributed by atoms with Gasteiger partial charge in [-0.1, -0.05) is 0 Å². The molecule has 216 valence electrons. The molecule has 0 saturated carbocycles. The first kappa shape index (κ1) is 34.2. The Morgan fingerprint density at radius 2 is 0.750 bits per heavy atom. The van der Waals surface area contributed by atoms with Gasteiger partial charge < -0.3 is 0 Å². The molecule has 36 heavy (non-hydrogen) atoms. The number of hydrogen-bond acceptors (Lipinski definition) is 3. The first-order chi connectivity index (χ1) is 15.1. The average Bonchev–Trinajstić information content (AvgIpc) is 2.57. The molecule has 0 saturated heterocycles. The van der Waals surface area contributed by atoms with E-state index in [0.29, 0.717) is 0 Å². The summed E-state index contributed by atoms with van der Waals surface area (Å²) in [6.45, 7) is 0. The lowest BCUT2D eigenvalue weighted by atomic mass is 9.86. The van der Waals surface area contributed by atoms with Crippen LogP contribution in [0.4, 0.5) is 83.4 Å². The van der Waals surface area contributed by atoms with Crippen LogP contribution in [0.1, 0.15) is 6.42 Å². The third-order valence-electron chi connectivity index (χ3n) is 3.94. The SMILES string of the molecule is O=C(CC(F)(F)C(F)(F)C(F)(F)C(F)(F)C(F)(F)C(F)(F)C(F)(F)C(F)(F)C(F)(F)F)CS(=O)(=O)O. The highest BCUT2D eigenvalue weighted by molar-refractivity contribution is 7.86. The Morgan fingerprint density at radius 1 is 0.500 bits per heavy atom. The molecule has 0 aliphatic heterocycles. The van der Waals surface area contributed by atoms with Crippen LogP contribution in [0.5, 0.6) is 0 Å². The van der Waals surface area contributed by atoms with Crippen LogP contribution in [0, 0.1) is 0 Å². The molecule has 0 radical (unpaired) electrons. The normalized spacial score (nSPS) is 16.3. The van der Waals surface area contributed by atoms with E-state index in [-0.39, 0.29) is 0 Å². The van der Waals surface area contributed by atoms with Crippen molar-refractivity contribution in [1.82, 2.24) is 0 Å². The van der Waals surface area contributed by atoms with Crippen molar-refractivity contribution in [2.75, 3.05) is 5.75 Å². The highest BCUT2D eigenvalue weighted by Gasteiger charge is 2.96. The second-order valence-corrected chi connectivity index (χ2v) is 8.12. The zero-order valence-corrected chi connectivity index (χ0v) is 16.5. The summed E-state index contributed by atoms with van der Waals surface area (Å²) in [4.78, 5) is 10.8. The second kappa shape index (κ2) is 8.64. The van der Waals surface area contributed by atoms with Gasteiger partial charge >= 0.3 is 53.6 Å². The fourth-order valence-corrected chi connectivity index (χ4v) is 2.52. The summed E-state index contributed by atoms with van der Waals surface area (Å²) < 4.78 is 276. The number of rotatable bonds is 11. The van der Waals surface area contributed by atoms with Gasteiger partial charge in [0.15, 0.2) is 5.78 Å². The molecule has 0 aliphatic rings. The summed E-state index contributed by atoms with van der Waals surface area (Å²) in [5.41, 5.74) is 0. The maximum Gasteiger partial charge on any atom is 0.460 e. The predicted molar refractivity (Wildman–Crippen MR) is 71.7 cm³/mol. The maximum atomic E-state index is 13.5. The zero-order chi connectivity index (χ0) is 30.0. The average molecular weight is 606 g/mol. The minimum atomic E-state index is -9.10. The van der Waals surface area contributed by atoms with Gasteiger partial charge in [-0.25, -0.2) is 0 Å². The predicted octanol–water partition coefficient (Wildman–Crippen LogP) is 5.48. The van der Waals surface area contributed by atoms with E-state index < -0.39 is 81.6 Å². The maximum absolute atomic E-state index is 13.5. The molecule has 0 atom stereocenters. The van der Waals surface area contributed by atoms with Crippen LogP contribution in [0.2, 0.25) is 0 Å². The Hall–Kier alpha value is -1.75. The summed E-state index contributed by atoms with van der Waals surface area (Å²) in [5, 5.41) is 0. The van der Waals surface area contributed by atoms with Gasteiger partial charge in [-0.05, 0) is 0 Å². The Bertz CT molecular complexity index is 948. The molecule has 4 nitrogen and oxygen atoms in total. The number of carbonyl (C=O) groups is 1. The Labute approximate surface area is 184 Å². The monoisotopic (exact) mass is 606 g/mol. The van der Waals surface area contributed by atoms with Gasteiger partial charge in [0.2, 0.25) is 0 Å². The lowest BCUT2D eigenvalue weighted by Crippen LogP contribution is -2.75. The van der Waals surface area contributed by atoms with E-state index in [1.165, 1.54) is 0 Å². The smallest absolute Gasteiger partial charge is 0.298 e. The largest absolute Gasteiger partial charge is 0.460 e. The van der Waals surface area contributed by atoms with Crippen LogP contribution in [0.3, 0.4) is 0 Å².